The summed E-state index contributed by atoms with van der Waals surface area (Å²) < 4.78 is 5.86. The first-order valence-corrected chi connectivity index (χ1v) is 7.94. The van der Waals surface area contributed by atoms with Gasteiger partial charge in [0.2, 0.25) is 5.91 Å². The minimum Gasteiger partial charge on any atom is -0.454 e. The van der Waals surface area contributed by atoms with Gasteiger partial charge in [-0.2, -0.15) is 0 Å². The van der Waals surface area contributed by atoms with Crippen molar-refractivity contribution in [3.8, 4) is 11.5 Å². The summed E-state index contributed by atoms with van der Waals surface area (Å²) in [5.74, 6) is 1.37. The molecular formula is C18H18ClNO2. The predicted molar refractivity (Wildman–Crippen MR) is 88.6 cm³/mol. The Morgan fingerprint density at radius 3 is 2.36 bits per heavy atom. The average molecular weight is 316 g/mol. The quantitative estimate of drug-likeness (QED) is 0.835. The van der Waals surface area contributed by atoms with E-state index in [2.05, 4.69) is 5.32 Å². The summed E-state index contributed by atoms with van der Waals surface area (Å²) in [6.07, 6.45) is 4.21. The molecule has 0 radical (unpaired) electrons. The van der Waals surface area contributed by atoms with Crippen LogP contribution in [0.5, 0.6) is 11.5 Å². The second-order valence-corrected chi connectivity index (χ2v) is 5.91. The summed E-state index contributed by atoms with van der Waals surface area (Å²) in [5.41, 5.74) is 0.680. The van der Waals surface area contributed by atoms with Gasteiger partial charge >= 0.3 is 0 Å². The molecule has 1 fully saturated rings. The molecule has 22 heavy (non-hydrogen) atoms. The fourth-order valence-electron chi connectivity index (χ4n) is 2.73. The van der Waals surface area contributed by atoms with E-state index in [1.165, 1.54) is 0 Å². The van der Waals surface area contributed by atoms with E-state index < -0.39 is 0 Å². The third-order valence-electron chi connectivity index (χ3n) is 3.93. The first-order valence-electron chi connectivity index (χ1n) is 7.56. The molecule has 1 saturated carbocycles. The van der Waals surface area contributed by atoms with Crippen molar-refractivity contribution in [3.05, 3.63) is 53.6 Å². The van der Waals surface area contributed by atoms with Gasteiger partial charge in [-0.25, -0.2) is 0 Å². The maximum absolute atomic E-state index is 12.3. The van der Waals surface area contributed by atoms with Gasteiger partial charge in [0.1, 0.15) is 5.75 Å². The number of ether oxygens (including phenoxy) is 1. The molecule has 0 atom stereocenters. The maximum Gasteiger partial charge on any atom is 0.227 e. The lowest BCUT2D eigenvalue weighted by molar-refractivity contribution is -0.119. The number of carbonyl (C=O) groups excluding carboxylic acids is 1. The number of anilines is 1. The standard InChI is InChI=1S/C18H18ClNO2/c19-14-9-3-5-11-16(14)22-17-12-6-4-10-15(17)20-18(21)13-7-1-2-8-13/h3-6,9-13H,1-2,7-8H2,(H,20,21). The van der Waals surface area contributed by atoms with Gasteiger partial charge in [-0.3, -0.25) is 4.79 Å². The Balaban J connectivity index is 1.78. The van der Waals surface area contributed by atoms with Gasteiger partial charge in [0, 0.05) is 5.92 Å². The summed E-state index contributed by atoms with van der Waals surface area (Å²) >= 11 is 6.12. The summed E-state index contributed by atoms with van der Waals surface area (Å²) in [6.45, 7) is 0. The van der Waals surface area contributed by atoms with Gasteiger partial charge < -0.3 is 10.1 Å². The second kappa shape index (κ2) is 6.84. The molecule has 1 amide bonds. The van der Waals surface area contributed by atoms with E-state index in [-0.39, 0.29) is 11.8 Å². The fraction of sp³-hybridized carbons (Fsp3) is 0.278. The highest BCUT2D eigenvalue weighted by molar-refractivity contribution is 6.32. The normalized spacial score (nSPS) is 14.8. The van der Waals surface area contributed by atoms with Crippen LogP contribution in [0.1, 0.15) is 25.7 Å². The van der Waals surface area contributed by atoms with Crippen molar-refractivity contribution in [3.63, 3.8) is 0 Å². The molecule has 0 unspecified atom stereocenters. The Morgan fingerprint density at radius 1 is 1.00 bits per heavy atom. The molecule has 3 nitrogen and oxygen atoms in total. The van der Waals surface area contributed by atoms with Crippen molar-refractivity contribution in [2.24, 2.45) is 5.92 Å². The summed E-state index contributed by atoms with van der Waals surface area (Å²) in [7, 11) is 0. The largest absolute Gasteiger partial charge is 0.454 e. The minimum absolute atomic E-state index is 0.0766. The fourth-order valence-corrected chi connectivity index (χ4v) is 2.90. The highest BCUT2D eigenvalue weighted by Crippen LogP contribution is 2.34. The monoisotopic (exact) mass is 315 g/mol. The zero-order valence-electron chi connectivity index (χ0n) is 12.2. The van der Waals surface area contributed by atoms with Crippen LogP contribution in [0.15, 0.2) is 48.5 Å². The lowest BCUT2D eigenvalue weighted by Crippen LogP contribution is -2.20. The molecule has 0 heterocycles. The van der Waals surface area contributed by atoms with Crippen molar-refractivity contribution in [1.82, 2.24) is 0 Å². The Morgan fingerprint density at radius 2 is 1.64 bits per heavy atom. The Hall–Kier alpha value is -2.00. The van der Waals surface area contributed by atoms with Crippen LogP contribution < -0.4 is 10.1 Å². The van der Waals surface area contributed by atoms with Crippen LogP contribution in [0, 0.1) is 5.92 Å². The van der Waals surface area contributed by atoms with Crippen molar-refractivity contribution >= 4 is 23.2 Å². The van der Waals surface area contributed by atoms with Crippen LogP contribution >= 0.6 is 11.6 Å². The molecular weight excluding hydrogens is 298 g/mol. The third-order valence-corrected chi connectivity index (χ3v) is 4.24. The molecule has 0 aromatic heterocycles. The molecule has 0 bridgehead atoms. The zero-order chi connectivity index (χ0) is 15.4. The maximum atomic E-state index is 12.3. The number of hydrogen-bond acceptors (Lipinski definition) is 2. The van der Waals surface area contributed by atoms with Crippen LogP contribution in [0.4, 0.5) is 5.69 Å². The highest BCUT2D eigenvalue weighted by atomic mass is 35.5. The lowest BCUT2D eigenvalue weighted by atomic mass is 10.1. The van der Waals surface area contributed by atoms with Crippen molar-refractivity contribution in [2.45, 2.75) is 25.7 Å². The number of para-hydroxylation sites is 3. The smallest absolute Gasteiger partial charge is 0.227 e. The molecule has 0 spiro atoms. The highest BCUT2D eigenvalue weighted by Gasteiger charge is 2.23. The molecule has 0 aliphatic heterocycles. The van der Waals surface area contributed by atoms with E-state index >= 15 is 0 Å². The minimum atomic E-state index is 0.0766. The first-order chi connectivity index (χ1) is 10.7. The van der Waals surface area contributed by atoms with E-state index in [9.17, 15) is 4.79 Å². The molecule has 3 rings (SSSR count). The number of carbonyl (C=O) groups is 1. The third kappa shape index (κ3) is 3.42. The Kier molecular flexibility index (Phi) is 4.64. The van der Waals surface area contributed by atoms with E-state index in [1.54, 1.807) is 12.1 Å². The number of amides is 1. The van der Waals surface area contributed by atoms with E-state index in [0.29, 0.717) is 22.2 Å². The summed E-state index contributed by atoms with van der Waals surface area (Å²) in [5, 5.41) is 3.53. The van der Waals surface area contributed by atoms with E-state index in [0.717, 1.165) is 25.7 Å². The van der Waals surface area contributed by atoms with Gasteiger partial charge in [-0.1, -0.05) is 48.7 Å². The Labute approximate surface area is 135 Å². The van der Waals surface area contributed by atoms with Gasteiger partial charge in [0.05, 0.1) is 10.7 Å². The SMILES string of the molecule is O=C(Nc1ccccc1Oc1ccccc1Cl)C1CCCC1. The average Bonchev–Trinajstić information content (AvgIpc) is 3.06. The van der Waals surface area contributed by atoms with Crippen molar-refractivity contribution in [1.29, 1.82) is 0 Å². The molecule has 0 saturated heterocycles. The number of benzene rings is 2. The van der Waals surface area contributed by atoms with E-state index in [1.807, 2.05) is 36.4 Å². The predicted octanol–water partition coefficient (Wildman–Crippen LogP) is 5.26. The lowest BCUT2D eigenvalue weighted by Gasteiger charge is -2.15. The molecule has 2 aromatic rings. The molecule has 114 valence electrons. The van der Waals surface area contributed by atoms with Crippen LogP contribution in [0.25, 0.3) is 0 Å². The van der Waals surface area contributed by atoms with Crippen molar-refractivity contribution < 1.29 is 9.53 Å². The topological polar surface area (TPSA) is 38.3 Å². The molecule has 2 aromatic carbocycles. The zero-order valence-corrected chi connectivity index (χ0v) is 13.0. The second-order valence-electron chi connectivity index (χ2n) is 5.50. The van der Waals surface area contributed by atoms with Crippen molar-refractivity contribution in [2.75, 3.05) is 5.32 Å². The first kappa shape index (κ1) is 14.9. The van der Waals surface area contributed by atoms with Gasteiger partial charge in [-0.15, -0.1) is 0 Å². The molecule has 1 aliphatic rings. The Bertz CT molecular complexity index is 666. The number of halogens is 1. The number of nitrogens with one attached hydrogen (secondary N) is 1. The number of rotatable bonds is 4. The van der Waals surface area contributed by atoms with E-state index in [4.69, 9.17) is 16.3 Å². The molecule has 4 heteroatoms. The summed E-state index contributed by atoms with van der Waals surface area (Å²) in [6, 6.07) is 14.7. The van der Waals surface area contributed by atoms with Gasteiger partial charge in [-0.05, 0) is 37.1 Å². The van der Waals surface area contributed by atoms with Crippen LogP contribution in [-0.2, 0) is 4.79 Å². The number of hydrogen-bond donors (Lipinski definition) is 1. The van der Waals surface area contributed by atoms with Gasteiger partial charge in [0.25, 0.3) is 0 Å². The van der Waals surface area contributed by atoms with Gasteiger partial charge in [0.15, 0.2) is 5.75 Å². The molecule has 1 aliphatic carbocycles. The van der Waals surface area contributed by atoms with Crippen LogP contribution in [-0.4, -0.2) is 5.91 Å². The van der Waals surface area contributed by atoms with Crippen LogP contribution in [0.2, 0.25) is 5.02 Å². The summed E-state index contributed by atoms with van der Waals surface area (Å²) in [4.78, 5) is 12.3. The van der Waals surface area contributed by atoms with Crippen LogP contribution in [0.3, 0.4) is 0 Å². The molecule has 1 N–H and O–H groups in total.